The van der Waals surface area contributed by atoms with Gasteiger partial charge in [-0.25, -0.2) is 0 Å². The van der Waals surface area contributed by atoms with Gasteiger partial charge in [-0.1, -0.05) is 6.92 Å². The summed E-state index contributed by atoms with van der Waals surface area (Å²) in [6, 6.07) is 0. The number of anilines is 1. The summed E-state index contributed by atoms with van der Waals surface area (Å²) in [7, 11) is 0. The van der Waals surface area contributed by atoms with Gasteiger partial charge in [-0.2, -0.15) is 0 Å². The van der Waals surface area contributed by atoms with E-state index in [4.69, 9.17) is 10.8 Å². The molecule has 5 heteroatoms. The third kappa shape index (κ3) is 2.45. The number of aliphatic hydroxyl groups excluding tert-OH is 1. The highest BCUT2D eigenvalue weighted by molar-refractivity contribution is 7.16. The van der Waals surface area contributed by atoms with Gasteiger partial charge in [0.15, 0.2) is 0 Å². The van der Waals surface area contributed by atoms with Crippen LogP contribution in [0.3, 0.4) is 0 Å². The average molecular weight is 254 g/mol. The maximum absolute atomic E-state index is 11.9. The number of nitrogens with one attached hydrogen (secondary N) is 1. The first-order chi connectivity index (χ1) is 8.13. The summed E-state index contributed by atoms with van der Waals surface area (Å²) < 4.78 is 0. The molecule has 1 heterocycles. The molecule has 1 aliphatic rings. The molecule has 4 nitrogen and oxygen atoms in total. The Kier molecular flexibility index (Phi) is 3.69. The molecule has 1 atom stereocenters. The van der Waals surface area contributed by atoms with Crippen molar-refractivity contribution in [3.05, 3.63) is 16.0 Å². The van der Waals surface area contributed by atoms with Crippen molar-refractivity contribution in [2.24, 2.45) is 5.92 Å². The van der Waals surface area contributed by atoms with Gasteiger partial charge in [0.05, 0.1) is 17.2 Å². The Morgan fingerprint density at radius 2 is 2.41 bits per heavy atom. The Labute approximate surface area is 105 Å². The number of thiophene rings is 1. The Bertz CT molecular complexity index is 428. The molecule has 17 heavy (non-hydrogen) atoms. The Morgan fingerprint density at radius 3 is 3.12 bits per heavy atom. The van der Waals surface area contributed by atoms with Crippen LogP contribution < -0.4 is 11.1 Å². The number of aliphatic hydroxyl groups is 1. The van der Waals surface area contributed by atoms with Crippen LogP contribution >= 0.6 is 11.3 Å². The standard InChI is InChI=1S/C12H18N2O2S/c1-7-2-3-8-9(6-7)17-11(13)10(8)12(16)14-4-5-15/h7,15H,2-6,13H2,1H3,(H,14,16)/t7-/m0/s1. The van der Waals surface area contributed by atoms with Crippen LogP contribution in [0.15, 0.2) is 0 Å². The fourth-order valence-corrected chi connectivity index (χ4v) is 3.56. The lowest BCUT2D eigenvalue weighted by Crippen LogP contribution is -2.28. The summed E-state index contributed by atoms with van der Waals surface area (Å²) in [5.74, 6) is 0.525. The lowest BCUT2D eigenvalue weighted by atomic mass is 9.88. The molecule has 1 aromatic heterocycles. The fraction of sp³-hybridized carbons (Fsp3) is 0.583. The van der Waals surface area contributed by atoms with Crippen molar-refractivity contribution in [1.29, 1.82) is 0 Å². The van der Waals surface area contributed by atoms with Crippen LogP contribution in [-0.2, 0) is 12.8 Å². The maximum atomic E-state index is 11.9. The highest BCUT2D eigenvalue weighted by Gasteiger charge is 2.26. The van der Waals surface area contributed by atoms with Crippen LogP contribution in [0.2, 0.25) is 0 Å². The van der Waals surface area contributed by atoms with Crippen molar-refractivity contribution < 1.29 is 9.90 Å². The van der Waals surface area contributed by atoms with Crippen molar-refractivity contribution in [3.8, 4) is 0 Å². The van der Waals surface area contributed by atoms with E-state index in [1.807, 2.05) is 0 Å². The Balaban J connectivity index is 2.25. The van der Waals surface area contributed by atoms with Crippen molar-refractivity contribution in [2.75, 3.05) is 18.9 Å². The number of fused-ring (bicyclic) bond motifs is 1. The third-order valence-corrected chi connectivity index (χ3v) is 4.25. The zero-order valence-electron chi connectivity index (χ0n) is 9.95. The molecule has 1 amide bonds. The molecule has 0 spiro atoms. The van der Waals surface area contributed by atoms with Gasteiger partial charge in [0.2, 0.25) is 0 Å². The van der Waals surface area contributed by atoms with Gasteiger partial charge in [0, 0.05) is 11.4 Å². The van der Waals surface area contributed by atoms with Crippen LogP contribution in [-0.4, -0.2) is 24.2 Å². The minimum absolute atomic E-state index is 0.0466. The van der Waals surface area contributed by atoms with E-state index in [9.17, 15) is 4.79 Å². The van der Waals surface area contributed by atoms with Gasteiger partial charge >= 0.3 is 0 Å². The van der Waals surface area contributed by atoms with E-state index < -0.39 is 0 Å². The first kappa shape index (κ1) is 12.4. The van der Waals surface area contributed by atoms with E-state index in [2.05, 4.69) is 12.2 Å². The number of amides is 1. The third-order valence-electron chi connectivity index (χ3n) is 3.16. The predicted molar refractivity (Wildman–Crippen MR) is 69.3 cm³/mol. The molecular formula is C12H18N2O2S. The molecule has 1 aliphatic carbocycles. The van der Waals surface area contributed by atoms with Crippen LogP contribution in [0.4, 0.5) is 5.00 Å². The number of hydrogen-bond donors (Lipinski definition) is 3. The Hall–Kier alpha value is -1.07. The lowest BCUT2D eigenvalue weighted by molar-refractivity contribution is 0.0945. The summed E-state index contributed by atoms with van der Waals surface area (Å²) in [6.07, 6.45) is 3.08. The Morgan fingerprint density at radius 1 is 1.65 bits per heavy atom. The van der Waals surface area contributed by atoms with Crippen LogP contribution in [0.5, 0.6) is 0 Å². The number of carbonyl (C=O) groups is 1. The van der Waals surface area contributed by atoms with Crippen molar-refractivity contribution in [2.45, 2.75) is 26.2 Å². The summed E-state index contributed by atoms with van der Waals surface area (Å²) >= 11 is 1.54. The second-order valence-corrected chi connectivity index (χ2v) is 5.71. The first-order valence-corrected chi connectivity index (χ1v) is 6.74. The molecule has 0 saturated carbocycles. The smallest absolute Gasteiger partial charge is 0.254 e. The van der Waals surface area contributed by atoms with Gasteiger partial charge in [-0.3, -0.25) is 4.79 Å². The number of carbonyl (C=O) groups excluding carboxylic acids is 1. The molecule has 0 radical (unpaired) electrons. The van der Waals surface area contributed by atoms with Gasteiger partial charge in [0.1, 0.15) is 0 Å². The average Bonchev–Trinajstić information content (AvgIpc) is 2.61. The summed E-state index contributed by atoms with van der Waals surface area (Å²) in [6.45, 7) is 2.46. The van der Waals surface area contributed by atoms with Crippen molar-refractivity contribution >= 4 is 22.2 Å². The number of nitrogens with two attached hydrogens (primary N) is 1. The quantitative estimate of drug-likeness (QED) is 0.758. The van der Waals surface area contributed by atoms with E-state index in [-0.39, 0.29) is 19.1 Å². The second-order valence-electron chi connectivity index (χ2n) is 4.57. The molecule has 0 bridgehead atoms. The number of hydrogen-bond acceptors (Lipinski definition) is 4. The van der Waals surface area contributed by atoms with Gasteiger partial charge < -0.3 is 16.2 Å². The minimum atomic E-state index is -0.149. The lowest BCUT2D eigenvalue weighted by Gasteiger charge is -2.18. The normalized spacial score (nSPS) is 18.8. The molecule has 0 unspecified atom stereocenters. The monoisotopic (exact) mass is 254 g/mol. The van der Waals surface area contributed by atoms with Crippen LogP contribution in [0.1, 0.15) is 34.1 Å². The highest BCUT2D eigenvalue weighted by atomic mass is 32.1. The highest BCUT2D eigenvalue weighted by Crippen LogP contribution is 2.37. The first-order valence-electron chi connectivity index (χ1n) is 5.92. The van der Waals surface area contributed by atoms with Crippen molar-refractivity contribution in [1.82, 2.24) is 5.32 Å². The molecule has 4 N–H and O–H groups in total. The van der Waals surface area contributed by atoms with E-state index in [0.717, 1.165) is 24.8 Å². The van der Waals surface area contributed by atoms with Gasteiger partial charge in [-0.15, -0.1) is 11.3 Å². The number of rotatable bonds is 3. The van der Waals surface area contributed by atoms with Gasteiger partial charge in [-0.05, 0) is 30.7 Å². The minimum Gasteiger partial charge on any atom is -0.395 e. The molecular weight excluding hydrogens is 236 g/mol. The summed E-state index contributed by atoms with van der Waals surface area (Å²) in [5, 5.41) is 12.0. The van der Waals surface area contributed by atoms with E-state index in [0.29, 0.717) is 16.5 Å². The molecule has 0 fully saturated rings. The van der Waals surface area contributed by atoms with E-state index in [1.165, 1.54) is 16.2 Å². The molecule has 2 rings (SSSR count). The van der Waals surface area contributed by atoms with E-state index >= 15 is 0 Å². The molecule has 0 saturated heterocycles. The molecule has 0 aromatic carbocycles. The summed E-state index contributed by atoms with van der Waals surface area (Å²) in [4.78, 5) is 13.2. The zero-order chi connectivity index (χ0) is 12.4. The second kappa shape index (κ2) is 5.06. The SMILES string of the molecule is C[C@H]1CCc2c(sc(N)c2C(=O)NCCO)C1. The molecule has 1 aromatic rings. The fourth-order valence-electron chi connectivity index (χ4n) is 2.28. The topological polar surface area (TPSA) is 75.4 Å². The number of nitrogen functional groups attached to an aromatic ring is 1. The van der Waals surface area contributed by atoms with Gasteiger partial charge in [0.25, 0.3) is 5.91 Å². The van der Waals surface area contributed by atoms with E-state index in [1.54, 1.807) is 0 Å². The van der Waals surface area contributed by atoms with Crippen LogP contribution in [0, 0.1) is 5.92 Å². The van der Waals surface area contributed by atoms with Crippen molar-refractivity contribution in [3.63, 3.8) is 0 Å². The largest absolute Gasteiger partial charge is 0.395 e. The predicted octanol–water partition coefficient (Wildman–Crippen LogP) is 1.18. The maximum Gasteiger partial charge on any atom is 0.254 e. The molecule has 0 aliphatic heterocycles. The molecule has 94 valence electrons. The van der Waals surface area contributed by atoms with Crippen LogP contribution in [0.25, 0.3) is 0 Å². The summed E-state index contributed by atoms with van der Waals surface area (Å²) in [5.41, 5.74) is 7.70. The zero-order valence-corrected chi connectivity index (χ0v) is 10.8.